The summed E-state index contributed by atoms with van der Waals surface area (Å²) in [6, 6.07) is 5.45. The van der Waals surface area contributed by atoms with Gasteiger partial charge in [0.05, 0.1) is 0 Å². The van der Waals surface area contributed by atoms with E-state index in [1.165, 1.54) is 23.1 Å². The van der Waals surface area contributed by atoms with Crippen LogP contribution in [0.25, 0.3) is 0 Å². The zero-order chi connectivity index (χ0) is 12.3. The molecule has 0 radical (unpaired) electrons. The quantitative estimate of drug-likeness (QED) is 0.391. The van der Waals surface area contributed by atoms with Crippen LogP contribution in [0.4, 0.5) is 0 Å². The lowest BCUT2D eigenvalue weighted by Crippen LogP contribution is -2.12. The van der Waals surface area contributed by atoms with Gasteiger partial charge >= 0.3 is 0 Å². The zero-order valence-corrected chi connectivity index (χ0v) is 11.6. The summed E-state index contributed by atoms with van der Waals surface area (Å²) in [7, 11) is 0. The van der Waals surface area contributed by atoms with Gasteiger partial charge in [-0.15, -0.1) is 10.2 Å². The van der Waals surface area contributed by atoms with E-state index in [-0.39, 0.29) is 5.84 Å². The number of rotatable bonds is 3. The maximum atomic E-state index is 8.58. The molecule has 0 atom stereocenters. The molecule has 88 valence electrons. The number of hydrogen-bond donors (Lipinski definition) is 2. The summed E-state index contributed by atoms with van der Waals surface area (Å²) in [5.74, 6) is 0.0816. The number of hydrogen-bond acceptors (Lipinski definition) is 6. The van der Waals surface area contributed by atoms with Crippen molar-refractivity contribution in [3.05, 3.63) is 33.7 Å². The molecule has 0 aliphatic carbocycles. The summed E-state index contributed by atoms with van der Waals surface area (Å²) in [4.78, 5) is 0.997. The Labute approximate surface area is 114 Å². The van der Waals surface area contributed by atoms with Gasteiger partial charge in [-0.1, -0.05) is 28.3 Å². The van der Waals surface area contributed by atoms with Crippen LogP contribution in [-0.2, 0) is 0 Å². The van der Waals surface area contributed by atoms with E-state index in [1.807, 2.05) is 6.07 Å². The second-order valence-electron chi connectivity index (χ2n) is 2.94. The molecule has 1 aromatic carbocycles. The van der Waals surface area contributed by atoms with Crippen molar-refractivity contribution >= 4 is 44.9 Å². The van der Waals surface area contributed by atoms with Crippen LogP contribution in [0.2, 0.25) is 0 Å². The molecule has 0 saturated heterocycles. The van der Waals surface area contributed by atoms with Crippen LogP contribution in [0.15, 0.2) is 42.6 Å². The SMILES string of the molecule is N/C(=N/O)c1ccc(Sc2nncs2)c(Br)c1. The Morgan fingerprint density at radius 1 is 1.53 bits per heavy atom. The first-order chi connectivity index (χ1) is 8.20. The smallest absolute Gasteiger partial charge is 0.178 e. The highest BCUT2D eigenvalue weighted by Crippen LogP contribution is 2.34. The molecule has 1 heterocycles. The summed E-state index contributed by atoms with van der Waals surface area (Å²) < 4.78 is 1.73. The Kier molecular flexibility index (Phi) is 3.97. The Bertz CT molecular complexity index is 544. The molecule has 0 bridgehead atoms. The molecule has 2 rings (SSSR count). The minimum absolute atomic E-state index is 0.0816. The Morgan fingerprint density at radius 3 is 2.94 bits per heavy atom. The van der Waals surface area contributed by atoms with Crippen molar-refractivity contribution in [2.45, 2.75) is 9.24 Å². The van der Waals surface area contributed by atoms with Gasteiger partial charge in [0, 0.05) is 14.9 Å². The van der Waals surface area contributed by atoms with Crippen molar-refractivity contribution in [2.24, 2.45) is 10.9 Å². The molecule has 8 heteroatoms. The van der Waals surface area contributed by atoms with Crippen LogP contribution in [-0.4, -0.2) is 21.2 Å². The summed E-state index contributed by atoms with van der Waals surface area (Å²) in [5.41, 5.74) is 7.84. The number of amidine groups is 1. The Balaban J connectivity index is 2.26. The van der Waals surface area contributed by atoms with Gasteiger partial charge in [0.1, 0.15) is 5.51 Å². The van der Waals surface area contributed by atoms with Gasteiger partial charge in [-0.25, -0.2) is 0 Å². The highest BCUT2D eigenvalue weighted by atomic mass is 79.9. The van der Waals surface area contributed by atoms with E-state index < -0.39 is 0 Å². The topological polar surface area (TPSA) is 84.4 Å². The molecule has 0 aliphatic rings. The minimum Gasteiger partial charge on any atom is -0.409 e. The van der Waals surface area contributed by atoms with E-state index in [9.17, 15) is 0 Å². The Hall–Kier alpha value is -1.12. The molecule has 0 fully saturated rings. The van der Waals surface area contributed by atoms with Gasteiger partial charge in [-0.05, 0) is 34.1 Å². The second-order valence-corrected chi connectivity index (χ2v) is 5.91. The predicted octanol–water partition coefficient (Wildman–Crippen LogP) is 2.55. The summed E-state index contributed by atoms with van der Waals surface area (Å²) >= 11 is 6.41. The van der Waals surface area contributed by atoms with Crippen LogP contribution in [0.5, 0.6) is 0 Å². The fourth-order valence-electron chi connectivity index (χ4n) is 1.10. The number of nitrogens with zero attached hydrogens (tertiary/aromatic N) is 3. The predicted molar refractivity (Wildman–Crippen MR) is 70.7 cm³/mol. The third-order valence-corrected chi connectivity index (χ3v) is 4.65. The van der Waals surface area contributed by atoms with Crippen molar-refractivity contribution in [3.63, 3.8) is 0 Å². The number of nitrogens with two attached hydrogens (primary N) is 1. The fraction of sp³-hybridized carbons (Fsp3) is 0. The van der Waals surface area contributed by atoms with E-state index in [2.05, 4.69) is 31.3 Å². The third kappa shape index (κ3) is 2.96. The van der Waals surface area contributed by atoms with Gasteiger partial charge < -0.3 is 10.9 Å². The van der Waals surface area contributed by atoms with Crippen LogP contribution in [0.3, 0.4) is 0 Å². The monoisotopic (exact) mass is 330 g/mol. The first-order valence-electron chi connectivity index (χ1n) is 4.42. The zero-order valence-electron chi connectivity index (χ0n) is 8.37. The van der Waals surface area contributed by atoms with Crippen molar-refractivity contribution in [1.29, 1.82) is 0 Å². The lowest BCUT2D eigenvalue weighted by Gasteiger charge is -2.04. The molecule has 0 unspecified atom stereocenters. The van der Waals surface area contributed by atoms with Crippen molar-refractivity contribution in [1.82, 2.24) is 10.2 Å². The van der Waals surface area contributed by atoms with E-state index in [4.69, 9.17) is 10.9 Å². The third-order valence-electron chi connectivity index (χ3n) is 1.87. The average Bonchev–Trinajstić information content (AvgIpc) is 2.83. The van der Waals surface area contributed by atoms with E-state index in [0.717, 1.165) is 13.7 Å². The maximum absolute atomic E-state index is 8.58. The van der Waals surface area contributed by atoms with Crippen LogP contribution < -0.4 is 5.73 Å². The Morgan fingerprint density at radius 2 is 2.35 bits per heavy atom. The van der Waals surface area contributed by atoms with Gasteiger partial charge in [-0.2, -0.15) is 0 Å². The molecule has 1 aromatic heterocycles. The second kappa shape index (κ2) is 5.48. The van der Waals surface area contributed by atoms with Gasteiger partial charge in [0.25, 0.3) is 0 Å². The van der Waals surface area contributed by atoms with Crippen molar-refractivity contribution < 1.29 is 5.21 Å². The number of aromatic nitrogens is 2. The van der Waals surface area contributed by atoms with Crippen LogP contribution in [0, 0.1) is 0 Å². The molecule has 5 nitrogen and oxygen atoms in total. The molecule has 3 N–H and O–H groups in total. The summed E-state index contributed by atoms with van der Waals surface area (Å²) in [5, 5.41) is 19.2. The number of oxime groups is 1. The molecule has 0 spiro atoms. The van der Waals surface area contributed by atoms with Crippen LogP contribution >= 0.6 is 39.0 Å². The highest BCUT2D eigenvalue weighted by molar-refractivity contribution is 9.10. The fourth-order valence-corrected chi connectivity index (χ4v) is 3.16. The van der Waals surface area contributed by atoms with Crippen LogP contribution in [0.1, 0.15) is 5.56 Å². The largest absolute Gasteiger partial charge is 0.409 e. The maximum Gasteiger partial charge on any atom is 0.178 e. The van der Waals surface area contributed by atoms with E-state index >= 15 is 0 Å². The molecule has 2 aromatic rings. The van der Waals surface area contributed by atoms with Crippen molar-refractivity contribution in [3.8, 4) is 0 Å². The molecular formula is C9H7BrN4OS2. The lowest BCUT2D eigenvalue weighted by atomic mass is 10.2. The van der Waals surface area contributed by atoms with E-state index in [0.29, 0.717) is 5.56 Å². The summed E-state index contributed by atoms with van der Waals surface area (Å²) in [6.45, 7) is 0. The highest BCUT2D eigenvalue weighted by Gasteiger charge is 2.07. The van der Waals surface area contributed by atoms with Gasteiger partial charge in [-0.3, -0.25) is 0 Å². The normalized spacial score (nSPS) is 11.7. The molecule has 0 amide bonds. The van der Waals surface area contributed by atoms with E-state index in [1.54, 1.807) is 17.6 Å². The minimum atomic E-state index is 0.0816. The average molecular weight is 331 g/mol. The molecule has 0 aliphatic heterocycles. The van der Waals surface area contributed by atoms with Gasteiger partial charge in [0.15, 0.2) is 10.2 Å². The van der Waals surface area contributed by atoms with Gasteiger partial charge in [0.2, 0.25) is 0 Å². The molecule has 17 heavy (non-hydrogen) atoms. The number of benzene rings is 1. The summed E-state index contributed by atoms with van der Waals surface area (Å²) in [6.07, 6.45) is 0. The lowest BCUT2D eigenvalue weighted by molar-refractivity contribution is 0.318. The first-order valence-corrected chi connectivity index (χ1v) is 6.91. The molecular weight excluding hydrogens is 324 g/mol. The molecule has 0 saturated carbocycles. The number of halogens is 1. The first kappa shape index (κ1) is 12.3. The standard InChI is InChI=1S/C9H7BrN4OS2/c10-6-3-5(8(11)14-15)1-2-7(6)17-9-13-12-4-16-9/h1-4,15H,(H2,11,14). The van der Waals surface area contributed by atoms with Crippen molar-refractivity contribution in [2.75, 3.05) is 0 Å².